The predicted octanol–water partition coefficient (Wildman–Crippen LogP) is 4.14. The van der Waals surface area contributed by atoms with Crippen molar-refractivity contribution in [2.75, 3.05) is 0 Å². The summed E-state index contributed by atoms with van der Waals surface area (Å²) in [5.41, 5.74) is 3.58. The van der Waals surface area contributed by atoms with E-state index in [2.05, 4.69) is 20.8 Å². The van der Waals surface area contributed by atoms with E-state index < -0.39 is 21.8 Å². The van der Waals surface area contributed by atoms with Gasteiger partial charge < -0.3 is 9.73 Å². The topological polar surface area (TPSA) is 134 Å². The molecule has 2 aromatic carbocycles. The zero-order chi connectivity index (χ0) is 28.5. The molecule has 4 aromatic rings. The van der Waals surface area contributed by atoms with Crippen molar-refractivity contribution in [2.45, 2.75) is 24.5 Å². The summed E-state index contributed by atoms with van der Waals surface area (Å²) in [6.07, 6.45) is 4.37. The number of aromatic nitrogens is 1. The zero-order valence-electron chi connectivity index (χ0n) is 20.8. The maximum Gasteiger partial charge on any atom is 0.329 e. The normalized spacial score (nSPS) is 11.6. The summed E-state index contributed by atoms with van der Waals surface area (Å²) in [5, 5.41) is 7.15. The number of halogens is 2. The lowest BCUT2D eigenvalue weighted by atomic mass is 10.2. The zero-order valence-corrected chi connectivity index (χ0v) is 23.2. The minimum absolute atomic E-state index is 0.0520. The van der Waals surface area contributed by atoms with Gasteiger partial charge in [-0.15, -0.1) is 0 Å². The number of amides is 2. The summed E-state index contributed by atoms with van der Waals surface area (Å²) in [7, 11) is -3.94. The van der Waals surface area contributed by atoms with E-state index in [-0.39, 0.29) is 30.3 Å². The summed E-state index contributed by atoms with van der Waals surface area (Å²) in [6.45, 7) is 0.0950. The number of hydrogen-bond acceptors (Lipinski definition) is 7. The lowest BCUT2D eigenvalue weighted by molar-refractivity contribution is -0.139. The SMILES string of the molecule is O=C(NCc1cccnc1)C(=O)N/N=C/c1ccc(CN(Cc2ccc(Cl)cc2)S(=O)(=O)c2ccc(Cl)cc2)o1. The van der Waals surface area contributed by atoms with Crippen molar-refractivity contribution >= 4 is 51.3 Å². The number of nitrogens with one attached hydrogen (secondary N) is 2. The van der Waals surface area contributed by atoms with Crippen molar-refractivity contribution in [2.24, 2.45) is 5.10 Å². The lowest BCUT2D eigenvalue weighted by Crippen LogP contribution is -2.37. The second-order valence-electron chi connectivity index (χ2n) is 8.40. The highest BCUT2D eigenvalue weighted by molar-refractivity contribution is 7.89. The Hall–Kier alpha value is -4.03. The fourth-order valence-electron chi connectivity index (χ4n) is 3.47. The first kappa shape index (κ1) is 29.0. The minimum Gasteiger partial charge on any atom is -0.459 e. The van der Waals surface area contributed by atoms with E-state index in [0.717, 1.165) is 11.1 Å². The molecule has 0 bridgehead atoms. The van der Waals surface area contributed by atoms with E-state index in [0.29, 0.717) is 15.8 Å². The van der Waals surface area contributed by atoms with Crippen LogP contribution in [0.1, 0.15) is 22.6 Å². The van der Waals surface area contributed by atoms with Gasteiger partial charge in [-0.05, 0) is 65.7 Å². The molecule has 13 heteroatoms. The number of carbonyl (C=O) groups excluding carboxylic acids is 2. The molecule has 206 valence electrons. The van der Waals surface area contributed by atoms with E-state index in [4.69, 9.17) is 27.6 Å². The molecule has 0 spiro atoms. The number of benzene rings is 2. The Morgan fingerprint density at radius 2 is 1.60 bits per heavy atom. The van der Waals surface area contributed by atoms with Crippen LogP contribution in [0, 0.1) is 0 Å². The summed E-state index contributed by atoms with van der Waals surface area (Å²) in [5.74, 6) is -1.27. The van der Waals surface area contributed by atoms with Crippen molar-refractivity contribution < 1.29 is 22.4 Å². The number of hydrazone groups is 1. The number of sulfonamides is 1. The van der Waals surface area contributed by atoms with Crippen molar-refractivity contribution in [1.82, 2.24) is 20.0 Å². The molecular formula is C27H23Cl2N5O5S. The summed E-state index contributed by atoms with van der Waals surface area (Å²) in [4.78, 5) is 28.0. The average molecular weight is 600 g/mol. The van der Waals surface area contributed by atoms with Gasteiger partial charge in [0, 0.05) is 35.5 Å². The number of hydrogen-bond donors (Lipinski definition) is 2. The quantitative estimate of drug-likeness (QED) is 0.160. The minimum atomic E-state index is -3.94. The van der Waals surface area contributed by atoms with Gasteiger partial charge in [-0.1, -0.05) is 41.4 Å². The van der Waals surface area contributed by atoms with Crippen LogP contribution < -0.4 is 10.7 Å². The van der Waals surface area contributed by atoms with E-state index in [1.807, 2.05) is 0 Å². The van der Waals surface area contributed by atoms with Crippen LogP contribution in [0.15, 0.2) is 99.6 Å². The Morgan fingerprint density at radius 3 is 2.27 bits per heavy atom. The van der Waals surface area contributed by atoms with Crippen LogP contribution in [0.2, 0.25) is 10.0 Å². The summed E-state index contributed by atoms with van der Waals surface area (Å²) >= 11 is 11.9. The van der Waals surface area contributed by atoms with Crippen LogP contribution in [-0.4, -0.2) is 35.7 Å². The van der Waals surface area contributed by atoms with Gasteiger partial charge in [0.25, 0.3) is 0 Å². The maximum absolute atomic E-state index is 13.5. The molecule has 2 N–H and O–H groups in total. The Bertz CT molecular complexity index is 1590. The highest BCUT2D eigenvalue weighted by Crippen LogP contribution is 2.24. The molecule has 0 unspecified atom stereocenters. The maximum atomic E-state index is 13.5. The summed E-state index contributed by atoms with van der Waals surface area (Å²) in [6, 6.07) is 19.3. The van der Waals surface area contributed by atoms with Crippen molar-refractivity contribution in [3.8, 4) is 0 Å². The van der Waals surface area contributed by atoms with Gasteiger partial charge in [0.15, 0.2) is 0 Å². The van der Waals surface area contributed by atoms with Gasteiger partial charge in [-0.2, -0.15) is 9.41 Å². The first-order valence-corrected chi connectivity index (χ1v) is 14.0. The highest BCUT2D eigenvalue weighted by atomic mass is 35.5. The van der Waals surface area contributed by atoms with Gasteiger partial charge in [-0.25, -0.2) is 13.8 Å². The molecule has 0 fully saturated rings. The number of pyridine rings is 1. The monoisotopic (exact) mass is 599 g/mol. The standard InChI is InChI=1S/C27H23Cl2N5O5S/c28-21-5-3-19(4-6-21)17-34(40(37,38)25-11-7-22(29)8-12-25)18-24-10-9-23(39-24)16-32-33-27(36)26(35)31-15-20-2-1-13-30-14-20/h1-14,16H,15,17-18H2,(H,31,35)(H,33,36)/b32-16+. The van der Waals surface area contributed by atoms with Crippen LogP contribution in [0.4, 0.5) is 0 Å². The Kier molecular flexibility index (Phi) is 9.67. The Labute approximate surface area is 240 Å². The molecule has 10 nitrogen and oxygen atoms in total. The molecule has 0 saturated heterocycles. The molecule has 40 heavy (non-hydrogen) atoms. The van der Waals surface area contributed by atoms with E-state index in [1.54, 1.807) is 60.9 Å². The predicted molar refractivity (Wildman–Crippen MR) is 150 cm³/mol. The molecule has 0 aliphatic rings. The van der Waals surface area contributed by atoms with Crippen molar-refractivity contribution in [3.05, 3.63) is 118 Å². The molecular weight excluding hydrogens is 577 g/mol. The summed E-state index contributed by atoms with van der Waals surface area (Å²) < 4.78 is 33.9. The third-order valence-electron chi connectivity index (χ3n) is 5.48. The van der Waals surface area contributed by atoms with E-state index in [1.165, 1.54) is 34.8 Å². The second-order valence-corrected chi connectivity index (χ2v) is 11.2. The number of nitrogens with zero attached hydrogens (tertiary/aromatic N) is 3. The molecule has 2 amide bonds. The smallest absolute Gasteiger partial charge is 0.329 e. The van der Waals surface area contributed by atoms with E-state index >= 15 is 0 Å². The third kappa shape index (κ3) is 7.99. The fraction of sp³-hybridized carbons (Fsp3) is 0.111. The number of rotatable bonds is 10. The van der Waals surface area contributed by atoms with Crippen LogP contribution in [0.3, 0.4) is 0 Å². The highest BCUT2D eigenvalue weighted by Gasteiger charge is 2.26. The third-order valence-corrected chi connectivity index (χ3v) is 7.79. The van der Waals surface area contributed by atoms with Gasteiger partial charge in [0.2, 0.25) is 10.0 Å². The van der Waals surface area contributed by atoms with E-state index in [9.17, 15) is 18.0 Å². The molecule has 0 radical (unpaired) electrons. The van der Waals surface area contributed by atoms with Crippen molar-refractivity contribution in [1.29, 1.82) is 0 Å². The first-order chi connectivity index (χ1) is 19.2. The molecule has 0 atom stereocenters. The Balaban J connectivity index is 1.41. The second kappa shape index (κ2) is 13.4. The number of furan rings is 1. The van der Waals surface area contributed by atoms with Gasteiger partial charge in [0.05, 0.1) is 17.7 Å². The molecule has 2 aromatic heterocycles. The largest absolute Gasteiger partial charge is 0.459 e. The molecule has 0 saturated carbocycles. The van der Waals surface area contributed by atoms with Crippen LogP contribution in [-0.2, 0) is 39.2 Å². The molecule has 0 aliphatic heterocycles. The van der Waals surface area contributed by atoms with Gasteiger partial charge in [0.1, 0.15) is 11.5 Å². The average Bonchev–Trinajstić information content (AvgIpc) is 3.40. The van der Waals surface area contributed by atoms with Crippen molar-refractivity contribution in [3.63, 3.8) is 0 Å². The van der Waals surface area contributed by atoms with Crippen LogP contribution in [0.25, 0.3) is 0 Å². The van der Waals surface area contributed by atoms with Gasteiger partial charge >= 0.3 is 11.8 Å². The molecule has 2 heterocycles. The lowest BCUT2D eigenvalue weighted by Gasteiger charge is -2.21. The number of carbonyl (C=O) groups is 2. The molecule has 0 aliphatic carbocycles. The molecule has 4 rings (SSSR count). The van der Waals surface area contributed by atoms with Crippen LogP contribution in [0.5, 0.6) is 0 Å². The van der Waals surface area contributed by atoms with Gasteiger partial charge in [-0.3, -0.25) is 14.6 Å². The Morgan fingerprint density at radius 1 is 0.900 bits per heavy atom. The fourth-order valence-corrected chi connectivity index (χ4v) is 5.11. The van der Waals surface area contributed by atoms with Crippen LogP contribution >= 0.6 is 23.2 Å². The first-order valence-electron chi connectivity index (χ1n) is 11.8.